The van der Waals surface area contributed by atoms with Crippen molar-refractivity contribution in [1.82, 2.24) is 0 Å². The standard InChI is InChI=1S/C13H17BrFN/c1-8-3-2-4-10(8)13(16)11-7-9(14)5-6-12(11)15/h5-8,10,13H,2-4,16H2,1H3. The molecule has 0 bridgehead atoms. The number of halogens is 2. The number of hydrogen-bond acceptors (Lipinski definition) is 1. The van der Waals surface area contributed by atoms with Crippen LogP contribution in [0.5, 0.6) is 0 Å². The predicted octanol–water partition coefficient (Wildman–Crippen LogP) is 4.02. The second-order valence-electron chi connectivity index (χ2n) is 4.76. The van der Waals surface area contributed by atoms with Crippen molar-refractivity contribution in [1.29, 1.82) is 0 Å². The summed E-state index contributed by atoms with van der Waals surface area (Å²) in [6.45, 7) is 2.22. The van der Waals surface area contributed by atoms with Crippen molar-refractivity contribution < 1.29 is 4.39 Å². The van der Waals surface area contributed by atoms with Gasteiger partial charge in [-0.05, 0) is 36.5 Å². The Bertz CT molecular complexity index is 380. The molecule has 0 radical (unpaired) electrons. The minimum absolute atomic E-state index is 0.171. The quantitative estimate of drug-likeness (QED) is 0.873. The summed E-state index contributed by atoms with van der Waals surface area (Å²) in [6, 6.07) is 4.84. The molecule has 1 saturated carbocycles. The highest BCUT2D eigenvalue weighted by Crippen LogP contribution is 2.39. The number of hydrogen-bond donors (Lipinski definition) is 1. The van der Waals surface area contributed by atoms with Gasteiger partial charge in [0.1, 0.15) is 5.82 Å². The lowest BCUT2D eigenvalue weighted by Crippen LogP contribution is -2.24. The first-order valence-corrected chi connectivity index (χ1v) is 6.59. The first-order chi connectivity index (χ1) is 7.59. The van der Waals surface area contributed by atoms with Gasteiger partial charge in [0.05, 0.1) is 0 Å². The van der Waals surface area contributed by atoms with Gasteiger partial charge < -0.3 is 5.73 Å². The minimum atomic E-state index is -0.185. The van der Waals surface area contributed by atoms with Gasteiger partial charge in [0, 0.05) is 16.1 Å². The van der Waals surface area contributed by atoms with Crippen LogP contribution >= 0.6 is 15.9 Å². The molecule has 3 atom stereocenters. The highest BCUT2D eigenvalue weighted by molar-refractivity contribution is 9.10. The van der Waals surface area contributed by atoms with E-state index in [2.05, 4.69) is 22.9 Å². The first-order valence-electron chi connectivity index (χ1n) is 5.80. The monoisotopic (exact) mass is 285 g/mol. The Balaban J connectivity index is 2.25. The summed E-state index contributed by atoms with van der Waals surface area (Å²) in [7, 11) is 0. The number of benzene rings is 1. The van der Waals surface area contributed by atoms with Crippen molar-refractivity contribution in [2.24, 2.45) is 17.6 Å². The lowest BCUT2D eigenvalue weighted by Gasteiger charge is -2.24. The Kier molecular flexibility index (Phi) is 3.65. The molecule has 1 aliphatic rings. The molecule has 1 aromatic carbocycles. The maximum atomic E-state index is 13.7. The maximum absolute atomic E-state index is 13.7. The van der Waals surface area contributed by atoms with Crippen molar-refractivity contribution >= 4 is 15.9 Å². The van der Waals surface area contributed by atoms with Crippen molar-refractivity contribution in [3.05, 3.63) is 34.1 Å². The average Bonchev–Trinajstić information content (AvgIpc) is 2.67. The zero-order valence-corrected chi connectivity index (χ0v) is 11.0. The molecule has 0 saturated heterocycles. The predicted molar refractivity (Wildman–Crippen MR) is 67.5 cm³/mol. The highest BCUT2D eigenvalue weighted by atomic mass is 79.9. The van der Waals surface area contributed by atoms with E-state index in [1.165, 1.54) is 18.9 Å². The van der Waals surface area contributed by atoms with Gasteiger partial charge in [-0.15, -0.1) is 0 Å². The molecule has 2 rings (SSSR count). The van der Waals surface area contributed by atoms with E-state index in [1.807, 2.05) is 6.07 Å². The van der Waals surface area contributed by atoms with Crippen LogP contribution in [0.15, 0.2) is 22.7 Å². The molecule has 16 heavy (non-hydrogen) atoms. The molecule has 88 valence electrons. The Morgan fingerprint density at radius 3 is 2.81 bits per heavy atom. The van der Waals surface area contributed by atoms with E-state index in [-0.39, 0.29) is 11.9 Å². The lowest BCUT2D eigenvalue weighted by atomic mass is 9.86. The SMILES string of the molecule is CC1CCCC1C(N)c1cc(Br)ccc1F. The summed E-state index contributed by atoms with van der Waals surface area (Å²) in [5, 5.41) is 0. The zero-order chi connectivity index (χ0) is 11.7. The summed E-state index contributed by atoms with van der Waals surface area (Å²) < 4.78 is 14.6. The molecule has 1 aromatic rings. The Labute approximate surface area is 104 Å². The lowest BCUT2D eigenvalue weighted by molar-refractivity contribution is 0.344. The normalized spacial score (nSPS) is 27.0. The largest absolute Gasteiger partial charge is 0.324 e. The van der Waals surface area contributed by atoms with Crippen LogP contribution < -0.4 is 5.73 Å². The van der Waals surface area contributed by atoms with Crippen molar-refractivity contribution in [2.75, 3.05) is 0 Å². The van der Waals surface area contributed by atoms with Gasteiger partial charge in [-0.3, -0.25) is 0 Å². The smallest absolute Gasteiger partial charge is 0.128 e. The first kappa shape index (κ1) is 12.1. The molecule has 3 unspecified atom stereocenters. The van der Waals surface area contributed by atoms with Crippen LogP contribution in [0, 0.1) is 17.7 Å². The van der Waals surface area contributed by atoms with Gasteiger partial charge in [-0.25, -0.2) is 4.39 Å². The van der Waals surface area contributed by atoms with Crippen LogP contribution in [-0.2, 0) is 0 Å². The highest BCUT2D eigenvalue weighted by Gasteiger charge is 2.30. The average molecular weight is 286 g/mol. The van der Waals surface area contributed by atoms with Crippen LogP contribution in [0.2, 0.25) is 0 Å². The van der Waals surface area contributed by atoms with Crippen LogP contribution in [0.4, 0.5) is 4.39 Å². The van der Waals surface area contributed by atoms with E-state index in [0.717, 1.165) is 10.9 Å². The van der Waals surface area contributed by atoms with Crippen molar-refractivity contribution in [3.8, 4) is 0 Å². The summed E-state index contributed by atoms with van der Waals surface area (Å²) in [4.78, 5) is 0. The molecular formula is C13H17BrFN. The topological polar surface area (TPSA) is 26.0 Å². The molecule has 0 aromatic heterocycles. The van der Waals surface area contributed by atoms with Crippen LogP contribution in [0.3, 0.4) is 0 Å². The van der Waals surface area contributed by atoms with E-state index in [4.69, 9.17) is 5.73 Å². The van der Waals surface area contributed by atoms with E-state index in [9.17, 15) is 4.39 Å². The van der Waals surface area contributed by atoms with E-state index in [1.54, 1.807) is 6.07 Å². The van der Waals surface area contributed by atoms with E-state index in [0.29, 0.717) is 17.4 Å². The summed E-state index contributed by atoms with van der Waals surface area (Å²) in [5.41, 5.74) is 6.85. The second-order valence-corrected chi connectivity index (χ2v) is 5.68. The second kappa shape index (κ2) is 4.84. The molecule has 0 heterocycles. The maximum Gasteiger partial charge on any atom is 0.128 e. The molecule has 0 amide bonds. The summed E-state index contributed by atoms with van der Waals surface area (Å²) in [5.74, 6) is 0.840. The molecule has 3 heteroatoms. The third-order valence-electron chi connectivity index (χ3n) is 3.71. The van der Waals surface area contributed by atoms with Crippen molar-refractivity contribution in [2.45, 2.75) is 32.2 Å². The summed E-state index contributed by atoms with van der Waals surface area (Å²) >= 11 is 3.37. The van der Waals surface area contributed by atoms with Gasteiger partial charge in [-0.2, -0.15) is 0 Å². The molecule has 0 spiro atoms. The Hall–Kier alpha value is -0.410. The van der Waals surface area contributed by atoms with Gasteiger partial charge in [0.15, 0.2) is 0 Å². The van der Waals surface area contributed by atoms with Crippen molar-refractivity contribution in [3.63, 3.8) is 0 Å². The fourth-order valence-corrected chi connectivity index (χ4v) is 3.09. The zero-order valence-electron chi connectivity index (χ0n) is 9.42. The molecule has 1 nitrogen and oxygen atoms in total. The number of rotatable bonds is 2. The number of nitrogens with two attached hydrogens (primary N) is 1. The molecule has 1 fully saturated rings. The van der Waals surface area contributed by atoms with E-state index >= 15 is 0 Å². The third kappa shape index (κ3) is 2.30. The van der Waals surface area contributed by atoms with Gasteiger partial charge in [-0.1, -0.05) is 35.7 Å². The third-order valence-corrected chi connectivity index (χ3v) is 4.20. The Morgan fingerprint density at radius 2 is 2.19 bits per heavy atom. The molecular weight excluding hydrogens is 269 g/mol. The Morgan fingerprint density at radius 1 is 1.44 bits per heavy atom. The van der Waals surface area contributed by atoms with Crippen LogP contribution in [0.1, 0.15) is 37.8 Å². The fraction of sp³-hybridized carbons (Fsp3) is 0.538. The molecule has 2 N–H and O–H groups in total. The van der Waals surface area contributed by atoms with E-state index < -0.39 is 0 Å². The van der Waals surface area contributed by atoms with Crippen LogP contribution in [0.25, 0.3) is 0 Å². The fourth-order valence-electron chi connectivity index (χ4n) is 2.71. The van der Waals surface area contributed by atoms with Gasteiger partial charge in [0.25, 0.3) is 0 Å². The summed E-state index contributed by atoms with van der Waals surface area (Å²) in [6.07, 6.45) is 3.55. The molecule has 1 aliphatic carbocycles. The van der Waals surface area contributed by atoms with Crippen LogP contribution in [-0.4, -0.2) is 0 Å². The molecule has 0 aliphatic heterocycles. The van der Waals surface area contributed by atoms with Gasteiger partial charge >= 0.3 is 0 Å². The minimum Gasteiger partial charge on any atom is -0.324 e. The van der Waals surface area contributed by atoms with Gasteiger partial charge in [0.2, 0.25) is 0 Å².